The summed E-state index contributed by atoms with van der Waals surface area (Å²) in [7, 11) is 1.66. The van der Waals surface area contributed by atoms with Crippen LogP contribution < -0.4 is 10.9 Å². The predicted molar refractivity (Wildman–Crippen MR) is 117 cm³/mol. The molecule has 32 heavy (non-hydrogen) atoms. The Labute approximate surface area is 185 Å². The van der Waals surface area contributed by atoms with E-state index < -0.39 is 23.3 Å². The van der Waals surface area contributed by atoms with Crippen molar-refractivity contribution in [2.75, 3.05) is 11.9 Å². The number of hydrogen-bond donors (Lipinski definition) is 1. The Balaban J connectivity index is 1.63. The van der Waals surface area contributed by atoms with Crippen molar-refractivity contribution in [3.05, 3.63) is 63.9 Å². The molecule has 0 aliphatic heterocycles. The van der Waals surface area contributed by atoms with Crippen LogP contribution >= 0.6 is 11.3 Å². The summed E-state index contributed by atoms with van der Waals surface area (Å²) in [6.45, 7) is 1.52. The molecule has 164 valence electrons. The summed E-state index contributed by atoms with van der Waals surface area (Å²) in [6, 6.07) is 5.66. The van der Waals surface area contributed by atoms with Crippen LogP contribution in [0.3, 0.4) is 0 Å². The van der Waals surface area contributed by atoms with E-state index >= 15 is 0 Å². The molecule has 1 aromatic carbocycles. The number of fused-ring (bicyclic) bond motifs is 1. The van der Waals surface area contributed by atoms with Crippen LogP contribution in [0.5, 0.6) is 0 Å². The highest BCUT2D eigenvalue weighted by Gasteiger charge is 2.23. The van der Waals surface area contributed by atoms with Gasteiger partial charge in [0.2, 0.25) is 5.91 Å². The van der Waals surface area contributed by atoms with Crippen molar-refractivity contribution in [2.24, 2.45) is 7.05 Å². The molecule has 0 fully saturated rings. The first-order chi connectivity index (χ1) is 15.4. The molecule has 0 atom stereocenters. The molecule has 0 saturated carbocycles. The molecule has 4 rings (SSSR count). The first-order valence-electron chi connectivity index (χ1n) is 9.60. The smallest absolute Gasteiger partial charge is 0.341 e. The molecule has 1 N–H and O–H groups in total. The lowest BCUT2D eigenvalue weighted by atomic mass is 10.0. The number of hydrogen-bond acceptors (Lipinski definition) is 7. The zero-order valence-electron chi connectivity index (χ0n) is 17.2. The lowest BCUT2D eigenvalue weighted by molar-refractivity contribution is -0.116. The van der Waals surface area contributed by atoms with Crippen LogP contribution in [0.15, 0.2) is 47.0 Å². The molecule has 3 heterocycles. The number of halogens is 1. The largest absolute Gasteiger partial charge is 0.462 e. The summed E-state index contributed by atoms with van der Waals surface area (Å²) in [5.74, 6) is -1.53. The number of amides is 1. The van der Waals surface area contributed by atoms with Gasteiger partial charge in [0.05, 0.1) is 12.8 Å². The van der Waals surface area contributed by atoms with E-state index in [-0.39, 0.29) is 23.7 Å². The molecule has 0 aliphatic carbocycles. The topological polar surface area (TPSA) is 108 Å². The highest BCUT2D eigenvalue weighted by molar-refractivity contribution is 7.15. The van der Waals surface area contributed by atoms with E-state index in [0.717, 1.165) is 15.9 Å². The van der Waals surface area contributed by atoms with Crippen LogP contribution in [0.4, 0.5) is 9.39 Å². The minimum atomic E-state index is -0.612. The monoisotopic (exact) mass is 455 g/mol. The summed E-state index contributed by atoms with van der Waals surface area (Å²) in [5, 5.41) is 8.93. The number of nitrogens with one attached hydrogen (secondary N) is 1. The van der Waals surface area contributed by atoms with E-state index in [0.29, 0.717) is 22.2 Å². The number of aryl methyl sites for hydroxylation is 1. The Morgan fingerprint density at radius 1 is 1.25 bits per heavy atom. The number of thiophene rings is 1. The Bertz CT molecular complexity index is 1370. The van der Waals surface area contributed by atoms with Crippen LogP contribution in [0.2, 0.25) is 0 Å². The maximum Gasteiger partial charge on any atom is 0.341 e. The first kappa shape index (κ1) is 21.4. The van der Waals surface area contributed by atoms with Gasteiger partial charge in [-0.3, -0.25) is 18.8 Å². The average Bonchev–Trinajstić information content (AvgIpc) is 3.35. The van der Waals surface area contributed by atoms with Crippen molar-refractivity contribution in [1.29, 1.82) is 0 Å². The molecular weight excluding hydrogens is 437 g/mol. The first-order valence-corrected chi connectivity index (χ1v) is 10.5. The van der Waals surface area contributed by atoms with Crippen LogP contribution in [0.25, 0.3) is 22.2 Å². The van der Waals surface area contributed by atoms with Crippen LogP contribution in [0.1, 0.15) is 17.3 Å². The number of benzene rings is 1. The number of esters is 1. The lowest BCUT2D eigenvalue weighted by Gasteiger charge is -2.10. The van der Waals surface area contributed by atoms with Crippen molar-refractivity contribution in [3.63, 3.8) is 0 Å². The van der Waals surface area contributed by atoms with Gasteiger partial charge in [-0.25, -0.2) is 14.2 Å². The SMILES string of the molecule is CCOC(=O)c1c(-c2ccc(F)cc2)csc1NC(=O)Cn1cnc2c(cnn2C)c1=O. The van der Waals surface area contributed by atoms with Gasteiger partial charge >= 0.3 is 5.97 Å². The van der Waals surface area contributed by atoms with E-state index in [2.05, 4.69) is 15.4 Å². The van der Waals surface area contributed by atoms with Gasteiger partial charge in [-0.15, -0.1) is 11.3 Å². The third-order valence-electron chi connectivity index (χ3n) is 4.71. The zero-order chi connectivity index (χ0) is 22.8. The molecule has 0 spiro atoms. The quantitative estimate of drug-likeness (QED) is 0.448. The molecule has 4 aromatic rings. The molecule has 0 bridgehead atoms. The van der Waals surface area contributed by atoms with Gasteiger partial charge in [-0.05, 0) is 24.6 Å². The number of rotatable bonds is 6. The summed E-state index contributed by atoms with van der Waals surface area (Å²) in [6.07, 6.45) is 2.67. The van der Waals surface area contributed by atoms with Gasteiger partial charge in [0.25, 0.3) is 5.56 Å². The Morgan fingerprint density at radius 3 is 2.72 bits per heavy atom. The van der Waals surface area contributed by atoms with E-state index in [1.807, 2.05) is 0 Å². The fourth-order valence-corrected chi connectivity index (χ4v) is 4.17. The molecule has 1 amide bonds. The fourth-order valence-electron chi connectivity index (χ4n) is 3.20. The van der Waals surface area contributed by atoms with Crippen molar-refractivity contribution >= 4 is 39.2 Å². The number of ether oxygens (including phenoxy) is 1. The maximum atomic E-state index is 13.3. The van der Waals surface area contributed by atoms with E-state index in [9.17, 15) is 18.8 Å². The Morgan fingerprint density at radius 2 is 2.00 bits per heavy atom. The molecule has 11 heteroatoms. The van der Waals surface area contributed by atoms with Crippen LogP contribution in [-0.4, -0.2) is 37.8 Å². The van der Waals surface area contributed by atoms with Gasteiger partial charge in [-0.1, -0.05) is 12.1 Å². The number of carbonyl (C=O) groups is 2. The highest BCUT2D eigenvalue weighted by atomic mass is 32.1. The maximum absolute atomic E-state index is 13.3. The molecular formula is C21H18FN5O4S. The molecule has 0 saturated heterocycles. The van der Waals surface area contributed by atoms with E-state index in [1.165, 1.54) is 29.3 Å². The standard InChI is InChI=1S/C21H18FN5O4S/c1-3-31-21(30)17-15(12-4-6-13(22)7-5-12)10-32-19(17)25-16(28)9-27-11-23-18-14(20(27)29)8-24-26(18)2/h4-8,10-11H,3,9H2,1-2H3,(H,25,28). The fraction of sp³-hybridized carbons (Fsp3) is 0.190. The summed E-state index contributed by atoms with van der Waals surface area (Å²) in [5.41, 5.74) is 1.30. The normalized spacial score (nSPS) is 11.0. The van der Waals surface area contributed by atoms with Crippen molar-refractivity contribution in [2.45, 2.75) is 13.5 Å². The summed E-state index contributed by atoms with van der Waals surface area (Å²) in [4.78, 5) is 42.1. The third-order valence-corrected chi connectivity index (χ3v) is 5.61. The third kappa shape index (κ3) is 4.02. The Kier molecular flexibility index (Phi) is 5.82. The van der Waals surface area contributed by atoms with Gasteiger partial charge in [0, 0.05) is 18.0 Å². The van der Waals surface area contributed by atoms with Crippen molar-refractivity contribution in [1.82, 2.24) is 19.3 Å². The minimum Gasteiger partial charge on any atom is -0.462 e. The van der Waals surface area contributed by atoms with Gasteiger partial charge in [-0.2, -0.15) is 5.10 Å². The highest BCUT2D eigenvalue weighted by Crippen LogP contribution is 2.36. The van der Waals surface area contributed by atoms with Gasteiger partial charge in [0.1, 0.15) is 34.6 Å². The molecule has 0 aliphatic rings. The van der Waals surface area contributed by atoms with E-state index in [4.69, 9.17) is 4.74 Å². The molecule has 0 radical (unpaired) electrons. The van der Waals surface area contributed by atoms with Crippen LogP contribution in [-0.2, 0) is 23.1 Å². The van der Waals surface area contributed by atoms with Crippen molar-refractivity contribution in [3.8, 4) is 11.1 Å². The number of aromatic nitrogens is 4. The number of anilines is 1. The summed E-state index contributed by atoms with van der Waals surface area (Å²) >= 11 is 1.14. The summed E-state index contributed by atoms with van der Waals surface area (Å²) < 4.78 is 21.1. The van der Waals surface area contributed by atoms with Crippen molar-refractivity contribution < 1.29 is 18.7 Å². The lowest BCUT2D eigenvalue weighted by Crippen LogP contribution is -2.28. The second kappa shape index (κ2) is 8.71. The predicted octanol–water partition coefficient (Wildman–Crippen LogP) is 2.81. The molecule has 3 aromatic heterocycles. The Hall–Kier alpha value is -3.86. The van der Waals surface area contributed by atoms with E-state index in [1.54, 1.807) is 31.5 Å². The number of nitrogens with zero attached hydrogens (tertiary/aromatic N) is 4. The average molecular weight is 455 g/mol. The second-order valence-electron chi connectivity index (χ2n) is 6.81. The second-order valence-corrected chi connectivity index (χ2v) is 7.69. The zero-order valence-corrected chi connectivity index (χ0v) is 18.0. The van der Waals surface area contributed by atoms with Gasteiger partial charge < -0.3 is 10.1 Å². The minimum absolute atomic E-state index is 0.150. The van der Waals surface area contributed by atoms with Gasteiger partial charge in [0.15, 0.2) is 5.65 Å². The molecule has 0 unspecified atom stereocenters. The molecule has 9 nitrogen and oxygen atoms in total. The number of carbonyl (C=O) groups excluding carboxylic acids is 2. The van der Waals surface area contributed by atoms with Crippen LogP contribution in [0, 0.1) is 5.82 Å².